The molecule has 1 atom stereocenters. The van der Waals surface area contributed by atoms with E-state index in [0.29, 0.717) is 6.61 Å². The van der Waals surface area contributed by atoms with Gasteiger partial charge in [-0.1, -0.05) is 25.5 Å². The number of amides is 1. The molecule has 6 heteroatoms. The van der Waals surface area contributed by atoms with Crippen molar-refractivity contribution < 1.29 is 24.2 Å². The molecule has 0 saturated heterocycles. The molecule has 1 rings (SSSR count). The van der Waals surface area contributed by atoms with Crippen LogP contribution in [0.1, 0.15) is 46.1 Å². The molecule has 1 amide bonds. The maximum absolute atomic E-state index is 12.2. The maximum atomic E-state index is 12.2. The number of nitrogens with one attached hydrogen (secondary N) is 1. The molecule has 0 aliphatic heterocycles. The fourth-order valence-corrected chi connectivity index (χ4v) is 1.93. The molecule has 0 fully saturated rings. The Morgan fingerprint density at radius 2 is 1.83 bits per heavy atom. The standard InChI is InChI=1S/C18H27NO5/c1-5-6-11-23-16(21)15(19-17(22)24-18(2,3)4)12-13-7-9-14(20)10-8-13/h7-10,15,20H,5-6,11-12H2,1-4H3,(H,19,22)/t15-/m0/s1. The summed E-state index contributed by atoms with van der Waals surface area (Å²) < 4.78 is 10.4. The van der Waals surface area contributed by atoms with Crippen LogP contribution in [-0.4, -0.2) is 35.4 Å². The second-order valence-corrected chi connectivity index (χ2v) is 6.59. The van der Waals surface area contributed by atoms with Gasteiger partial charge in [0.1, 0.15) is 17.4 Å². The smallest absolute Gasteiger partial charge is 0.408 e. The first-order valence-corrected chi connectivity index (χ1v) is 8.15. The minimum absolute atomic E-state index is 0.140. The van der Waals surface area contributed by atoms with Crippen LogP contribution in [0.25, 0.3) is 0 Å². The summed E-state index contributed by atoms with van der Waals surface area (Å²) in [5.41, 5.74) is 0.139. The summed E-state index contributed by atoms with van der Waals surface area (Å²) >= 11 is 0. The molecular weight excluding hydrogens is 310 g/mol. The van der Waals surface area contributed by atoms with E-state index >= 15 is 0 Å². The van der Waals surface area contributed by atoms with E-state index in [1.165, 1.54) is 12.1 Å². The van der Waals surface area contributed by atoms with Crippen molar-refractivity contribution in [2.75, 3.05) is 6.61 Å². The van der Waals surface area contributed by atoms with Crippen LogP contribution in [0.15, 0.2) is 24.3 Å². The van der Waals surface area contributed by atoms with Gasteiger partial charge in [-0.2, -0.15) is 0 Å². The number of phenolic OH excluding ortho intramolecular Hbond substituents is 1. The number of carbonyl (C=O) groups excluding carboxylic acids is 2. The number of alkyl carbamates (subject to hydrolysis) is 1. The second kappa shape index (κ2) is 9.15. The van der Waals surface area contributed by atoms with Gasteiger partial charge in [-0.3, -0.25) is 0 Å². The van der Waals surface area contributed by atoms with Gasteiger partial charge in [0, 0.05) is 6.42 Å². The van der Waals surface area contributed by atoms with Gasteiger partial charge in [-0.25, -0.2) is 9.59 Å². The molecule has 0 aliphatic carbocycles. The zero-order valence-corrected chi connectivity index (χ0v) is 14.8. The molecule has 0 aliphatic rings. The van der Waals surface area contributed by atoms with E-state index in [0.717, 1.165) is 18.4 Å². The van der Waals surface area contributed by atoms with Gasteiger partial charge in [-0.05, 0) is 44.9 Å². The molecule has 1 aromatic rings. The summed E-state index contributed by atoms with van der Waals surface area (Å²) in [5, 5.41) is 11.9. The molecule has 0 unspecified atom stereocenters. The zero-order chi connectivity index (χ0) is 18.2. The Labute approximate surface area is 143 Å². The van der Waals surface area contributed by atoms with Gasteiger partial charge in [0.15, 0.2) is 0 Å². The number of esters is 1. The molecule has 0 spiro atoms. The minimum Gasteiger partial charge on any atom is -0.508 e. The molecule has 1 aromatic carbocycles. The van der Waals surface area contributed by atoms with Crippen molar-refractivity contribution in [1.29, 1.82) is 0 Å². The van der Waals surface area contributed by atoms with E-state index < -0.39 is 23.7 Å². The quantitative estimate of drug-likeness (QED) is 0.590. The first-order valence-electron chi connectivity index (χ1n) is 8.15. The van der Waals surface area contributed by atoms with Crippen LogP contribution in [0.2, 0.25) is 0 Å². The van der Waals surface area contributed by atoms with Crippen molar-refractivity contribution in [3.05, 3.63) is 29.8 Å². The molecule has 0 heterocycles. The molecule has 134 valence electrons. The van der Waals surface area contributed by atoms with Crippen molar-refractivity contribution in [3.63, 3.8) is 0 Å². The average molecular weight is 337 g/mol. The Kier molecular flexibility index (Phi) is 7.55. The first-order chi connectivity index (χ1) is 11.2. The average Bonchev–Trinajstić information content (AvgIpc) is 2.47. The highest BCUT2D eigenvalue weighted by Gasteiger charge is 2.25. The van der Waals surface area contributed by atoms with Crippen LogP contribution in [0.4, 0.5) is 4.79 Å². The van der Waals surface area contributed by atoms with Gasteiger partial charge < -0.3 is 19.9 Å². The SMILES string of the molecule is CCCCOC(=O)[C@H](Cc1ccc(O)cc1)NC(=O)OC(C)(C)C. The predicted molar refractivity (Wildman–Crippen MR) is 90.8 cm³/mol. The highest BCUT2D eigenvalue weighted by Crippen LogP contribution is 2.13. The van der Waals surface area contributed by atoms with E-state index in [9.17, 15) is 14.7 Å². The number of aromatic hydroxyl groups is 1. The van der Waals surface area contributed by atoms with E-state index in [-0.39, 0.29) is 12.2 Å². The number of hydrogen-bond acceptors (Lipinski definition) is 5. The summed E-state index contributed by atoms with van der Waals surface area (Å²) in [7, 11) is 0. The summed E-state index contributed by atoms with van der Waals surface area (Å²) in [6.45, 7) is 7.57. The molecule has 6 nitrogen and oxygen atoms in total. The molecule has 24 heavy (non-hydrogen) atoms. The van der Waals surface area contributed by atoms with Gasteiger partial charge in [0.05, 0.1) is 6.61 Å². The third-order valence-corrected chi connectivity index (χ3v) is 3.09. The Morgan fingerprint density at radius 1 is 1.21 bits per heavy atom. The van der Waals surface area contributed by atoms with Crippen LogP contribution in [0.3, 0.4) is 0 Å². The van der Waals surface area contributed by atoms with E-state index in [4.69, 9.17) is 9.47 Å². The number of unbranched alkanes of at least 4 members (excludes halogenated alkanes) is 1. The number of carbonyl (C=O) groups is 2. The van der Waals surface area contributed by atoms with Crippen LogP contribution < -0.4 is 5.32 Å². The fraction of sp³-hybridized carbons (Fsp3) is 0.556. The predicted octanol–water partition coefficient (Wildman–Crippen LogP) is 3.17. The van der Waals surface area contributed by atoms with Crippen molar-refractivity contribution in [2.24, 2.45) is 0 Å². The lowest BCUT2D eigenvalue weighted by Gasteiger charge is -2.23. The summed E-state index contributed by atoms with van der Waals surface area (Å²) in [4.78, 5) is 24.2. The van der Waals surface area contributed by atoms with Gasteiger partial charge in [-0.15, -0.1) is 0 Å². The van der Waals surface area contributed by atoms with Crippen LogP contribution >= 0.6 is 0 Å². The Bertz CT molecular complexity index is 533. The minimum atomic E-state index is -0.846. The van der Waals surface area contributed by atoms with Crippen molar-refractivity contribution in [2.45, 2.75) is 58.6 Å². The van der Waals surface area contributed by atoms with Crippen LogP contribution in [-0.2, 0) is 20.7 Å². The lowest BCUT2D eigenvalue weighted by molar-refractivity contribution is -0.146. The molecule has 0 saturated carbocycles. The van der Waals surface area contributed by atoms with Gasteiger partial charge in [0.2, 0.25) is 0 Å². The molecule has 0 radical (unpaired) electrons. The number of phenols is 1. The zero-order valence-electron chi connectivity index (χ0n) is 14.8. The van der Waals surface area contributed by atoms with Crippen molar-refractivity contribution in [1.82, 2.24) is 5.32 Å². The van der Waals surface area contributed by atoms with E-state index in [2.05, 4.69) is 5.32 Å². The fourth-order valence-electron chi connectivity index (χ4n) is 1.93. The Balaban J connectivity index is 2.76. The van der Waals surface area contributed by atoms with Gasteiger partial charge >= 0.3 is 12.1 Å². The lowest BCUT2D eigenvalue weighted by atomic mass is 10.1. The topological polar surface area (TPSA) is 84.9 Å². The summed E-state index contributed by atoms with van der Waals surface area (Å²) in [6.07, 6.45) is 1.27. The van der Waals surface area contributed by atoms with Crippen molar-refractivity contribution >= 4 is 12.1 Å². The molecule has 2 N–H and O–H groups in total. The third kappa shape index (κ3) is 7.85. The molecule has 0 aromatic heterocycles. The van der Waals surface area contributed by atoms with Crippen LogP contribution in [0, 0.1) is 0 Å². The third-order valence-electron chi connectivity index (χ3n) is 3.09. The van der Waals surface area contributed by atoms with Gasteiger partial charge in [0.25, 0.3) is 0 Å². The lowest BCUT2D eigenvalue weighted by Crippen LogP contribution is -2.45. The van der Waals surface area contributed by atoms with Crippen molar-refractivity contribution in [3.8, 4) is 5.75 Å². The largest absolute Gasteiger partial charge is 0.508 e. The number of ether oxygens (including phenoxy) is 2. The highest BCUT2D eigenvalue weighted by atomic mass is 16.6. The molecule has 0 bridgehead atoms. The number of hydrogen-bond donors (Lipinski definition) is 2. The number of benzene rings is 1. The van der Waals surface area contributed by atoms with E-state index in [1.807, 2.05) is 6.92 Å². The van der Waals surface area contributed by atoms with E-state index in [1.54, 1.807) is 32.9 Å². The maximum Gasteiger partial charge on any atom is 0.408 e. The Morgan fingerprint density at radius 3 is 2.38 bits per heavy atom. The van der Waals surface area contributed by atoms with Crippen LogP contribution in [0.5, 0.6) is 5.75 Å². The summed E-state index contributed by atoms with van der Waals surface area (Å²) in [6, 6.07) is 5.60. The Hall–Kier alpha value is -2.24. The summed E-state index contributed by atoms with van der Waals surface area (Å²) in [5.74, 6) is -0.358. The second-order valence-electron chi connectivity index (χ2n) is 6.59. The monoisotopic (exact) mass is 337 g/mol. The number of rotatable bonds is 7. The molecular formula is C18H27NO5. The first kappa shape index (κ1) is 19.8. The highest BCUT2D eigenvalue weighted by molar-refractivity contribution is 5.81. The normalized spacial score (nSPS) is 12.3.